The van der Waals surface area contributed by atoms with Gasteiger partial charge in [0.05, 0.1) is 5.54 Å². The lowest BCUT2D eigenvalue weighted by atomic mass is 9.90. The van der Waals surface area contributed by atoms with Gasteiger partial charge in [0.25, 0.3) is 0 Å². The van der Waals surface area contributed by atoms with Crippen molar-refractivity contribution in [1.82, 2.24) is 10.6 Å². The maximum absolute atomic E-state index is 12.0. The van der Waals surface area contributed by atoms with E-state index in [1.807, 2.05) is 6.92 Å². The summed E-state index contributed by atoms with van der Waals surface area (Å²) in [4.78, 5) is 12.0. The second-order valence-electron chi connectivity index (χ2n) is 5.40. The zero-order valence-corrected chi connectivity index (χ0v) is 9.81. The van der Waals surface area contributed by atoms with E-state index in [-0.39, 0.29) is 11.4 Å². The number of amides is 1. The van der Waals surface area contributed by atoms with Crippen molar-refractivity contribution in [3.63, 3.8) is 0 Å². The summed E-state index contributed by atoms with van der Waals surface area (Å²) in [5.74, 6) is 1.75. The van der Waals surface area contributed by atoms with E-state index < -0.39 is 0 Å². The van der Waals surface area contributed by atoms with Crippen LogP contribution in [-0.2, 0) is 4.79 Å². The Morgan fingerprint density at radius 1 is 1.53 bits per heavy atom. The van der Waals surface area contributed by atoms with E-state index in [4.69, 9.17) is 0 Å². The molecule has 2 rings (SSSR count). The normalized spacial score (nSPS) is 39.9. The van der Waals surface area contributed by atoms with Crippen LogP contribution in [0.25, 0.3) is 0 Å². The molecule has 3 atom stereocenters. The van der Waals surface area contributed by atoms with Crippen LogP contribution in [0.1, 0.15) is 39.5 Å². The van der Waals surface area contributed by atoms with Crippen LogP contribution < -0.4 is 10.6 Å². The van der Waals surface area contributed by atoms with E-state index in [1.165, 1.54) is 12.8 Å². The molecule has 3 heteroatoms. The van der Waals surface area contributed by atoms with Crippen LogP contribution in [0.4, 0.5) is 0 Å². The molecule has 15 heavy (non-hydrogen) atoms. The van der Waals surface area contributed by atoms with E-state index in [2.05, 4.69) is 17.6 Å². The van der Waals surface area contributed by atoms with Gasteiger partial charge in [0, 0.05) is 6.54 Å². The van der Waals surface area contributed by atoms with Crippen LogP contribution in [0, 0.1) is 11.8 Å². The number of rotatable bonds is 3. The molecule has 1 heterocycles. The maximum atomic E-state index is 12.0. The summed E-state index contributed by atoms with van der Waals surface area (Å²) < 4.78 is 0. The van der Waals surface area contributed by atoms with Gasteiger partial charge in [-0.2, -0.15) is 0 Å². The highest BCUT2D eigenvalue weighted by Crippen LogP contribution is 2.36. The first-order chi connectivity index (χ1) is 7.12. The first kappa shape index (κ1) is 10.9. The number of carbonyl (C=O) groups excluding carboxylic acids is 1. The highest BCUT2D eigenvalue weighted by atomic mass is 16.2. The predicted molar refractivity (Wildman–Crippen MR) is 60.5 cm³/mol. The first-order valence-electron chi connectivity index (χ1n) is 6.15. The lowest BCUT2D eigenvalue weighted by Gasteiger charge is -2.33. The smallest absolute Gasteiger partial charge is 0.240 e. The second-order valence-corrected chi connectivity index (χ2v) is 5.40. The zero-order valence-electron chi connectivity index (χ0n) is 9.81. The lowest BCUT2D eigenvalue weighted by Crippen LogP contribution is -2.57. The van der Waals surface area contributed by atoms with E-state index in [0.717, 1.165) is 37.8 Å². The second kappa shape index (κ2) is 4.12. The topological polar surface area (TPSA) is 41.1 Å². The third-order valence-corrected chi connectivity index (χ3v) is 3.92. The SMILES string of the molecule is CC1CC1CNC(=O)C1(C)CCCCN1. The highest BCUT2D eigenvalue weighted by molar-refractivity contribution is 5.86. The number of nitrogens with one attached hydrogen (secondary N) is 2. The standard InChI is InChI=1S/C12H22N2O/c1-9-7-10(9)8-13-11(15)12(2)5-3-4-6-14-12/h9-10,14H,3-8H2,1-2H3,(H,13,15). The number of piperidine rings is 1. The van der Waals surface area contributed by atoms with Crippen molar-refractivity contribution >= 4 is 5.91 Å². The summed E-state index contributed by atoms with van der Waals surface area (Å²) in [6.07, 6.45) is 4.61. The molecule has 86 valence electrons. The first-order valence-corrected chi connectivity index (χ1v) is 6.15. The zero-order chi connectivity index (χ0) is 10.9. The summed E-state index contributed by atoms with van der Waals surface area (Å²) in [6, 6.07) is 0. The van der Waals surface area contributed by atoms with Gasteiger partial charge in [-0.05, 0) is 51.0 Å². The quantitative estimate of drug-likeness (QED) is 0.737. The molecular formula is C12H22N2O. The predicted octanol–water partition coefficient (Wildman–Crippen LogP) is 1.29. The fourth-order valence-corrected chi connectivity index (χ4v) is 2.35. The molecule has 2 aliphatic rings. The molecule has 1 aliphatic carbocycles. The van der Waals surface area contributed by atoms with Gasteiger partial charge < -0.3 is 10.6 Å². The molecule has 1 saturated heterocycles. The number of hydrogen-bond acceptors (Lipinski definition) is 2. The van der Waals surface area contributed by atoms with E-state index in [9.17, 15) is 4.79 Å². The Labute approximate surface area is 92.0 Å². The lowest BCUT2D eigenvalue weighted by molar-refractivity contribution is -0.128. The molecular weight excluding hydrogens is 188 g/mol. The van der Waals surface area contributed by atoms with Crippen LogP contribution in [0.5, 0.6) is 0 Å². The Bertz CT molecular complexity index is 246. The van der Waals surface area contributed by atoms with Gasteiger partial charge in [-0.15, -0.1) is 0 Å². The molecule has 1 amide bonds. The van der Waals surface area contributed by atoms with E-state index in [1.54, 1.807) is 0 Å². The van der Waals surface area contributed by atoms with Crippen molar-refractivity contribution in [1.29, 1.82) is 0 Å². The summed E-state index contributed by atoms with van der Waals surface area (Å²) >= 11 is 0. The molecule has 0 radical (unpaired) electrons. The molecule has 0 aromatic rings. The van der Waals surface area contributed by atoms with Crippen molar-refractivity contribution in [2.75, 3.05) is 13.1 Å². The Hall–Kier alpha value is -0.570. The van der Waals surface area contributed by atoms with Crippen LogP contribution in [0.3, 0.4) is 0 Å². The summed E-state index contributed by atoms with van der Waals surface area (Å²) in [5.41, 5.74) is -0.309. The van der Waals surface area contributed by atoms with Crippen molar-refractivity contribution < 1.29 is 4.79 Å². The molecule has 0 aromatic carbocycles. The van der Waals surface area contributed by atoms with Crippen LogP contribution in [0.2, 0.25) is 0 Å². The van der Waals surface area contributed by atoms with Crippen LogP contribution in [0.15, 0.2) is 0 Å². The van der Waals surface area contributed by atoms with Gasteiger partial charge in [-0.1, -0.05) is 6.92 Å². The third kappa shape index (κ3) is 2.51. The van der Waals surface area contributed by atoms with Crippen molar-refractivity contribution in [3.05, 3.63) is 0 Å². The van der Waals surface area contributed by atoms with Gasteiger partial charge in [0.1, 0.15) is 0 Å². The molecule has 0 aromatic heterocycles. The highest BCUT2D eigenvalue weighted by Gasteiger charge is 2.37. The van der Waals surface area contributed by atoms with Crippen LogP contribution >= 0.6 is 0 Å². The largest absolute Gasteiger partial charge is 0.354 e. The molecule has 0 spiro atoms. The van der Waals surface area contributed by atoms with Gasteiger partial charge >= 0.3 is 0 Å². The minimum absolute atomic E-state index is 0.196. The maximum Gasteiger partial charge on any atom is 0.240 e. The van der Waals surface area contributed by atoms with Gasteiger partial charge in [-0.3, -0.25) is 4.79 Å². The fourth-order valence-electron chi connectivity index (χ4n) is 2.35. The Balaban J connectivity index is 1.78. The molecule has 1 saturated carbocycles. The van der Waals surface area contributed by atoms with E-state index >= 15 is 0 Å². The number of carbonyl (C=O) groups is 1. The van der Waals surface area contributed by atoms with E-state index in [0.29, 0.717) is 0 Å². The van der Waals surface area contributed by atoms with Gasteiger partial charge in [0.15, 0.2) is 0 Å². The molecule has 2 fully saturated rings. The van der Waals surface area contributed by atoms with Crippen molar-refractivity contribution in [3.8, 4) is 0 Å². The average Bonchev–Trinajstić information content (AvgIpc) is 2.92. The Kier molecular flexibility index (Phi) is 3.01. The minimum atomic E-state index is -0.309. The van der Waals surface area contributed by atoms with Crippen LogP contribution in [-0.4, -0.2) is 24.5 Å². The number of hydrogen-bond donors (Lipinski definition) is 2. The Morgan fingerprint density at radius 3 is 2.80 bits per heavy atom. The molecule has 3 nitrogen and oxygen atoms in total. The molecule has 2 N–H and O–H groups in total. The molecule has 0 bridgehead atoms. The fraction of sp³-hybridized carbons (Fsp3) is 0.917. The van der Waals surface area contributed by atoms with Crippen molar-refractivity contribution in [2.45, 2.75) is 45.1 Å². The molecule has 3 unspecified atom stereocenters. The molecule has 1 aliphatic heterocycles. The summed E-state index contributed by atoms with van der Waals surface area (Å²) in [7, 11) is 0. The average molecular weight is 210 g/mol. The van der Waals surface area contributed by atoms with Gasteiger partial charge in [0.2, 0.25) is 5.91 Å². The monoisotopic (exact) mass is 210 g/mol. The summed E-state index contributed by atoms with van der Waals surface area (Å²) in [6.45, 7) is 6.12. The Morgan fingerprint density at radius 2 is 2.27 bits per heavy atom. The summed E-state index contributed by atoms with van der Waals surface area (Å²) in [5, 5.41) is 6.42. The van der Waals surface area contributed by atoms with Crippen molar-refractivity contribution in [2.24, 2.45) is 11.8 Å². The van der Waals surface area contributed by atoms with Gasteiger partial charge in [-0.25, -0.2) is 0 Å². The third-order valence-electron chi connectivity index (χ3n) is 3.92. The minimum Gasteiger partial charge on any atom is -0.354 e.